The third-order valence-electron chi connectivity index (χ3n) is 6.14. The molecule has 5 unspecified atom stereocenters. The summed E-state index contributed by atoms with van der Waals surface area (Å²) in [6, 6.07) is 13.6. The van der Waals surface area contributed by atoms with Crippen molar-refractivity contribution in [3.63, 3.8) is 0 Å². The maximum absolute atomic E-state index is 13.2. The van der Waals surface area contributed by atoms with Gasteiger partial charge in [0, 0.05) is 6.42 Å². The number of aliphatic hydroxyl groups excluding tert-OH is 1. The van der Waals surface area contributed by atoms with E-state index in [-0.39, 0.29) is 18.8 Å². The molecule has 2 aromatic rings. The lowest BCUT2D eigenvalue weighted by atomic mass is 9.99. The molecule has 0 aliphatic carbocycles. The summed E-state index contributed by atoms with van der Waals surface area (Å²) in [4.78, 5) is 50.3. The van der Waals surface area contributed by atoms with Crippen molar-refractivity contribution in [2.24, 2.45) is 11.7 Å². The van der Waals surface area contributed by atoms with Gasteiger partial charge in [0.15, 0.2) is 0 Å². The molecule has 200 valence electrons. The molecule has 0 heterocycles. The minimum Gasteiger partial charge on any atom is -0.480 e. The first-order chi connectivity index (χ1) is 17.7. The van der Waals surface area contributed by atoms with Crippen molar-refractivity contribution in [2.75, 3.05) is 6.61 Å². The normalized spacial score (nSPS) is 14.9. The molecule has 37 heavy (non-hydrogen) atoms. The van der Waals surface area contributed by atoms with Crippen LogP contribution in [0, 0.1) is 5.92 Å². The SMILES string of the molecule is CCC(C)C(NC(=O)C(CO)NC(=O)C(Cc1ccccc1)NC(=O)C(N)Cc1ccccc1)C(=O)O. The molecule has 3 amide bonds. The summed E-state index contributed by atoms with van der Waals surface area (Å²) in [7, 11) is 0. The molecule has 0 bridgehead atoms. The Kier molecular flexibility index (Phi) is 11.7. The van der Waals surface area contributed by atoms with E-state index in [4.69, 9.17) is 5.73 Å². The lowest BCUT2D eigenvalue weighted by molar-refractivity contribution is -0.144. The minimum atomic E-state index is -1.41. The number of hydrogen-bond acceptors (Lipinski definition) is 6. The van der Waals surface area contributed by atoms with E-state index in [0.29, 0.717) is 6.42 Å². The number of aliphatic carboxylic acids is 1. The van der Waals surface area contributed by atoms with Crippen LogP contribution >= 0.6 is 0 Å². The first-order valence-electron chi connectivity index (χ1n) is 12.2. The highest BCUT2D eigenvalue weighted by Crippen LogP contribution is 2.09. The van der Waals surface area contributed by atoms with Gasteiger partial charge in [0.2, 0.25) is 17.7 Å². The molecule has 5 atom stereocenters. The summed E-state index contributed by atoms with van der Waals surface area (Å²) >= 11 is 0. The Morgan fingerprint density at radius 1 is 0.784 bits per heavy atom. The van der Waals surface area contributed by atoms with Gasteiger partial charge in [-0.15, -0.1) is 0 Å². The number of aliphatic hydroxyl groups is 1. The van der Waals surface area contributed by atoms with Crippen LogP contribution in [0.5, 0.6) is 0 Å². The van der Waals surface area contributed by atoms with Crippen LogP contribution in [0.1, 0.15) is 31.4 Å². The van der Waals surface area contributed by atoms with Gasteiger partial charge in [-0.1, -0.05) is 80.9 Å². The van der Waals surface area contributed by atoms with Crippen molar-refractivity contribution in [1.82, 2.24) is 16.0 Å². The number of carbonyl (C=O) groups is 4. The van der Waals surface area contributed by atoms with E-state index in [1.54, 1.807) is 38.1 Å². The van der Waals surface area contributed by atoms with Gasteiger partial charge in [-0.05, 0) is 23.5 Å². The monoisotopic (exact) mass is 512 g/mol. The number of amides is 3. The van der Waals surface area contributed by atoms with E-state index >= 15 is 0 Å². The molecule has 0 aliphatic rings. The average Bonchev–Trinajstić information content (AvgIpc) is 2.90. The van der Waals surface area contributed by atoms with Gasteiger partial charge >= 0.3 is 5.97 Å². The van der Waals surface area contributed by atoms with Crippen molar-refractivity contribution in [1.29, 1.82) is 0 Å². The van der Waals surface area contributed by atoms with E-state index in [1.165, 1.54) is 0 Å². The summed E-state index contributed by atoms with van der Waals surface area (Å²) in [5, 5.41) is 26.7. The molecule has 0 saturated heterocycles. The Bertz CT molecular complexity index is 1030. The number of nitrogens with one attached hydrogen (secondary N) is 3. The maximum atomic E-state index is 13.2. The molecule has 0 radical (unpaired) electrons. The van der Waals surface area contributed by atoms with Crippen LogP contribution in [-0.2, 0) is 32.0 Å². The van der Waals surface area contributed by atoms with Gasteiger partial charge in [-0.3, -0.25) is 14.4 Å². The fourth-order valence-electron chi connectivity index (χ4n) is 3.70. The fraction of sp³-hybridized carbons (Fsp3) is 0.407. The second-order valence-electron chi connectivity index (χ2n) is 9.00. The Morgan fingerprint density at radius 3 is 1.76 bits per heavy atom. The largest absolute Gasteiger partial charge is 0.480 e. The average molecular weight is 513 g/mol. The predicted octanol–water partition coefficient (Wildman–Crippen LogP) is 0.377. The first kappa shape index (κ1) is 29.5. The van der Waals surface area contributed by atoms with Crippen molar-refractivity contribution >= 4 is 23.7 Å². The highest BCUT2D eigenvalue weighted by atomic mass is 16.4. The van der Waals surface area contributed by atoms with Gasteiger partial charge in [-0.25, -0.2) is 4.79 Å². The molecular weight excluding hydrogens is 476 g/mol. The summed E-state index contributed by atoms with van der Waals surface area (Å²) in [5.74, 6) is -3.68. The molecule has 0 fully saturated rings. The van der Waals surface area contributed by atoms with E-state index in [2.05, 4.69) is 16.0 Å². The van der Waals surface area contributed by atoms with Crippen LogP contribution in [0.4, 0.5) is 0 Å². The van der Waals surface area contributed by atoms with Gasteiger partial charge < -0.3 is 31.9 Å². The number of rotatable bonds is 14. The van der Waals surface area contributed by atoms with Crippen molar-refractivity contribution in [3.8, 4) is 0 Å². The summed E-state index contributed by atoms with van der Waals surface area (Å²) in [5.41, 5.74) is 7.71. The molecule has 0 saturated carbocycles. The zero-order valence-electron chi connectivity index (χ0n) is 21.1. The minimum absolute atomic E-state index is 0.112. The smallest absolute Gasteiger partial charge is 0.326 e. The van der Waals surface area contributed by atoms with Crippen LogP contribution < -0.4 is 21.7 Å². The summed E-state index contributed by atoms with van der Waals surface area (Å²) in [6.07, 6.45) is 0.878. The highest BCUT2D eigenvalue weighted by molar-refractivity contribution is 5.94. The van der Waals surface area contributed by atoms with E-state index in [9.17, 15) is 29.4 Å². The van der Waals surface area contributed by atoms with Gasteiger partial charge in [-0.2, -0.15) is 0 Å². The number of carboxylic acids is 1. The number of carboxylic acid groups (broad SMARTS) is 1. The Labute approximate surface area is 216 Å². The Morgan fingerprint density at radius 2 is 1.27 bits per heavy atom. The molecular formula is C27H36N4O6. The van der Waals surface area contributed by atoms with Crippen molar-refractivity contribution in [2.45, 2.75) is 57.3 Å². The number of hydrogen-bond donors (Lipinski definition) is 6. The maximum Gasteiger partial charge on any atom is 0.326 e. The molecule has 0 aromatic heterocycles. The lowest BCUT2D eigenvalue weighted by Gasteiger charge is -2.26. The molecule has 7 N–H and O–H groups in total. The van der Waals surface area contributed by atoms with Gasteiger partial charge in [0.1, 0.15) is 18.1 Å². The quantitative estimate of drug-likeness (QED) is 0.212. The molecule has 2 aromatic carbocycles. The predicted molar refractivity (Wildman–Crippen MR) is 138 cm³/mol. The molecule has 10 nitrogen and oxygen atoms in total. The fourth-order valence-corrected chi connectivity index (χ4v) is 3.70. The standard InChI is InChI=1S/C27H36N4O6/c1-3-17(2)23(27(36)37)31-26(35)22(16-32)30-25(34)21(15-19-12-8-5-9-13-19)29-24(33)20(28)14-18-10-6-4-7-11-18/h4-13,17,20-23,32H,3,14-16,28H2,1-2H3,(H,29,33)(H,30,34)(H,31,35)(H,36,37). The van der Waals surface area contributed by atoms with Gasteiger partial charge in [0.25, 0.3) is 0 Å². The van der Waals surface area contributed by atoms with Crippen molar-refractivity contribution < 1.29 is 29.4 Å². The molecule has 2 rings (SSSR count). The zero-order chi connectivity index (χ0) is 27.4. The highest BCUT2D eigenvalue weighted by Gasteiger charge is 2.31. The number of benzene rings is 2. The summed E-state index contributed by atoms with van der Waals surface area (Å²) < 4.78 is 0. The van der Waals surface area contributed by atoms with Crippen LogP contribution in [0.25, 0.3) is 0 Å². The van der Waals surface area contributed by atoms with Crippen LogP contribution in [-0.4, -0.2) is 64.7 Å². The molecule has 10 heteroatoms. The zero-order valence-corrected chi connectivity index (χ0v) is 21.1. The molecule has 0 spiro atoms. The van der Waals surface area contributed by atoms with Crippen LogP contribution in [0.2, 0.25) is 0 Å². The first-order valence-corrected chi connectivity index (χ1v) is 12.2. The van der Waals surface area contributed by atoms with Crippen LogP contribution in [0.15, 0.2) is 60.7 Å². The third-order valence-corrected chi connectivity index (χ3v) is 6.14. The topological polar surface area (TPSA) is 171 Å². The van der Waals surface area contributed by atoms with Gasteiger partial charge in [0.05, 0.1) is 12.6 Å². The van der Waals surface area contributed by atoms with E-state index in [1.807, 2.05) is 36.4 Å². The van der Waals surface area contributed by atoms with Crippen LogP contribution in [0.3, 0.4) is 0 Å². The summed E-state index contributed by atoms with van der Waals surface area (Å²) in [6.45, 7) is 2.71. The Hall–Kier alpha value is -3.76. The lowest BCUT2D eigenvalue weighted by Crippen LogP contribution is -2.59. The third kappa shape index (κ3) is 9.32. The second-order valence-corrected chi connectivity index (χ2v) is 9.00. The van der Waals surface area contributed by atoms with E-state index < -0.39 is 54.5 Å². The van der Waals surface area contributed by atoms with E-state index in [0.717, 1.165) is 11.1 Å². The molecule has 0 aliphatic heterocycles. The Balaban J connectivity index is 2.14. The second kappa shape index (κ2) is 14.7. The number of carbonyl (C=O) groups excluding carboxylic acids is 3. The number of nitrogens with two attached hydrogens (primary N) is 1. The van der Waals surface area contributed by atoms with Crippen molar-refractivity contribution in [3.05, 3.63) is 71.8 Å².